The molecule has 5 rings (SSSR count). The van der Waals surface area contributed by atoms with Crippen LogP contribution in [0.4, 0.5) is 31.5 Å². The molecular formula is C25H20F6N4O3S. The third kappa shape index (κ3) is 5.58. The molecule has 1 fully saturated rings. The molecule has 1 aliphatic rings. The van der Waals surface area contributed by atoms with Gasteiger partial charge in [0.15, 0.2) is 5.13 Å². The van der Waals surface area contributed by atoms with Gasteiger partial charge in [0.1, 0.15) is 4.88 Å². The third-order valence-corrected chi connectivity index (χ3v) is 7.33. The van der Waals surface area contributed by atoms with E-state index in [0.29, 0.717) is 40.8 Å². The van der Waals surface area contributed by atoms with Crippen molar-refractivity contribution in [1.29, 1.82) is 0 Å². The van der Waals surface area contributed by atoms with Crippen LogP contribution in [0.3, 0.4) is 0 Å². The number of hydrogen-bond donors (Lipinski definition) is 3. The Morgan fingerprint density at radius 2 is 1.92 bits per heavy atom. The highest BCUT2D eigenvalue weighted by Gasteiger charge is 2.38. The Balaban J connectivity index is 1.67. The number of fused-ring (bicyclic) bond motifs is 1. The minimum absolute atomic E-state index is 0.0729. The average molecular weight is 571 g/mol. The molecule has 39 heavy (non-hydrogen) atoms. The van der Waals surface area contributed by atoms with E-state index in [1.807, 2.05) is 0 Å². The normalized spacial score (nSPS) is 17.3. The zero-order chi connectivity index (χ0) is 27.9. The van der Waals surface area contributed by atoms with Crippen LogP contribution in [0.25, 0.3) is 22.6 Å². The van der Waals surface area contributed by atoms with E-state index in [4.69, 9.17) is 4.74 Å². The lowest BCUT2D eigenvalue weighted by atomic mass is 9.96. The standard InChI is InChI=1S/C25H20F6N4O3S/c26-24(27,28)16-3-1-14(19(9-16)25(29,30)31)8-18(13-2-4-20-15(7-13)10-32-34-20)21-22(37)33-23(39-21)35-5-6-38-17(11-35)12-36/h1-4,7-10,17,36-37H,5-6,11-12H2,(H,32,34)/t17-/m1/s1. The van der Waals surface area contributed by atoms with Gasteiger partial charge in [-0.1, -0.05) is 23.5 Å². The maximum atomic E-state index is 13.9. The summed E-state index contributed by atoms with van der Waals surface area (Å²) in [5.41, 5.74) is -2.25. The number of halogens is 6. The number of thiazole rings is 1. The minimum atomic E-state index is -5.08. The first-order chi connectivity index (χ1) is 18.4. The molecule has 206 valence electrons. The Labute approximate surface area is 221 Å². The number of ether oxygens (including phenoxy) is 1. The van der Waals surface area contributed by atoms with E-state index in [9.17, 15) is 36.6 Å². The van der Waals surface area contributed by atoms with Crippen molar-refractivity contribution in [3.63, 3.8) is 0 Å². The highest BCUT2D eigenvalue weighted by atomic mass is 32.1. The lowest BCUT2D eigenvalue weighted by Gasteiger charge is -2.31. The summed E-state index contributed by atoms with van der Waals surface area (Å²) in [5, 5.41) is 27.9. The van der Waals surface area contributed by atoms with Crippen molar-refractivity contribution in [3.8, 4) is 5.88 Å². The summed E-state index contributed by atoms with van der Waals surface area (Å²) in [7, 11) is 0. The fourth-order valence-electron chi connectivity index (χ4n) is 4.27. The summed E-state index contributed by atoms with van der Waals surface area (Å²) < 4.78 is 86.9. The van der Waals surface area contributed by atoms with Gasteiger partial charge < -0.3 is 19.8 Å². The first kappa shape index (κ1) is 27.0. The number of aromatic amines is 1. The van der Waals surface area contributed by atoms with E-state index in [2.05, 4.69) is 15.2 Å². The number of morpholine rings is 1. The number of aliphatic hydroxyl groups excluding tert-OH is 1. The molecule has 1 saturated heterocycles. The summed E-state index contributed by atoms with van der Waals surface area (Å²) in [6, 6.07) is 6.29. The van der Waals surface area contributed by atoms with Crippen LogP contribution in [0.2, 0.25) is 0 Å². The molecule has 3 N–H and O–H groups in total. The number of aromatic hydroxyl groups is 1. The van der Waals surface area contributed by atoms with Crippen LogP contribution in [0.1, 0.15) is 27.1 Å². The van der Waals surface area contributed by atoms with Crippen LogP contribution in [-0.4, -0.2) is 57.8 Å². The van der Waals surface area contributed by atoms with Gasteiger partial charge in [0, 0.05) is 24.0 Å². The number of nitrogens with zero attached hydrogens (tertiary/aromatic N) is 3. The van der Waals surface area contributed by atoms with Crippen LogP contribution < -0.4 is 4.90 Å². The molecule has 0 spiro atoms. The predicted molar refractivity (Wildman–Crippen MR) is 132 cm³/mol. The average Bonchev–Trinajstić information content (AvgIpc) is 3.52. The van der Waals surface area contributed by atoms with Crippen molar-refractivity contribution in [2.24, 2.45) is 0 Å². The van der Waals surface area contributed by atoms with Crippen LogP contribution in [0.5, 0.6) is 5.88 Å². The maximum Gasteiger partial charge on any atom is 0.417 e. The molecule has 1 atom stereocenters. The molecule has 1 aliphatic heterocycles. The number of anilines is 1. The van der Waals surface area contributed by atoms with E-state index >= 15 is 0 Å². The van der Waals surface area contributed by atoms with Crippen LogP contribution in [-0.2, 0) is 17.1 Å². The fraction of sp³-hybridized carbons (Fsp3) is 0.280. The summed E-state index contributed by atoms with van der Waals surface area (Å²) in [6.45, 7) is 0.742. The van der Waals surface area contributed by atoms with Crippen molar-refractivity contribution in [2.75, 3.05) is 31.2 Å². The number of benzene rings is 2. The van der Waals surface area contributed by atoms with Crippen molar-refractivity contribution in [2.45, 2.75) is 18.5 Å². The molecular weight excluding hydrogens is 550 g/mol. The Morgan fingerprint density at radius 3 is 2.64 bits per heavy atom. The zero-order valence-electron chi connectivity index (χ0n) is 19.8. The van der Waals surface area contributed by atoms with Crippen molar-refractivity contribution >= 4 is 39.0 Å². The molecule has 4 aromatic rings. The van der Waals surface area contributed by atoms with E-state index in [1.165, 1.54) is 6.20 Å². The van der Waals surface area contributed by atoms with Crippen LogP contribution >= 0.6 is 11.3 Å². The van der Waals surface area contributed by atoms with Crippen molar-refractivity contribution in [1.82, 2.24) is 15.2 Å². The maximum absolute atomic E-state index is 13.9. The van der Waals surface area contributed by atoms with Gasteiger partial charge in [-0.25, -0.2) is 0 Å². The van der Waals surface area contributed by atoms with E-state index in [-0.39, 0.29) is 29.7 Å². The molecule has 14 heteroatoms. The number of aromatic nitrogens is 3. The molecule has 7 nitrogen and oxygen atoms in total. The van der Waals surface area contributed by atoms with Crippen LogP contribution in [0, 0.1) is 0 Å². The molecule has 2 aromatic heterocycles. The zero-order valence-corrected chi connectivity index (χ0v) is 20.7. The smallest absolute Gasteiger partial charge is 0.417 e. The van der Waals surface area contributed by atoms with Gasteiger partial charge in [0.2, 0.25) is 5.88 Å². The van der Waals surface area contributed by atoms with Gasteiger partial charge >= 0.3 is 12.4 Å². The predicted octanol–water partition coefficient (Wildman–Crippen LogP) is 5.55. The number of rotatable bonds is 5. The number of hydrogen-bond acceptors (Lipinski definition) is 7. The molecule has 0 radical (unpaired) electrons. The van der Waals surface area contributed by atoms with Crippen LogP contribution in [0.15, 0.2) is 42.6 Å². The fourth-order valence-corrected chi connectivity index (χ4v) is 5.30. The molecule has 0 aliphatic carbocycles. The Hall–Kier alpha value is -3.62. The van der Waals surface area contributed by atoms with Gasteiger partial charge in [-0.3, -0.25) is 5.10 Å². The Bertz CT molecular complexity index is 1530. The largest absolute Gasteiger partial charge is 0.492 e. The molecule has 0 unspecified atom stereocenters. The van der Waals surface area contributed by atoms with Crippen molar-refractivity contribution < 1.29 is 41.3 Å². The molecule has 0 amide bonds. The number of nitrogens with one attached hydrogen (secondary N) is 1. The monoisotopic (exact) mass is 570 g/mol. The Kier molecular flexibility index (Phi) is 7.03. The molecule has 2 aromatic carbocycles. The highest BCUT2D eigenvalue weighted by molar-refractivity contribution is 7.17. The van der Waals surface area contributed by atoms with E-state index < -0.39 is 41.0 Å². The van der Waals surface area contributed by atoms with Gasteiger partial charge in [-0.2, -0.15) is 36.4 Å². The van der Waals surface area contributed by atoms with Gasteiger partial charge in [-0.15, -0.1) is 0 Å². The SMILES string of the molecule is OC[C@H]1CN(c2nc(O)c(C(=Cc3ccc(C(F)(F)F)cc3C(F)(F)F)c3ccc4[nH]ncc4c3)s2)CCO1. The topological polar surface area (TPSA) is 94.5 Å². The van der Waals surface area contributed by atoms with Gasteiger partial charge in [0.05, 0.1) is 42.2 Å². The number of alkyl halides is 6. The second-order valence-corrected chi connectivity index (χ2v) is 9.78. The van der Waals surface area contributed by atoms with Crippen molar-refractivity contribution in [3.05, 3.63) is 69.7 Å². The van der Waals surface area contributed by atoms with Gasteiger partial charge in [-0.05, 0) is 41.5 Å². The summed E-state index contributed by atoms with van der Waals surface area (Å²) in [5.74, 6) is -0.457. The first-order valence-corrected chi connectivity index (χ1v) is 12.4. The number of aliphatic hydroxyl groups is 1. The molecule has 0 saturated carbocycles. The summed E-state index contributed by atoms with van der Waals surface area (Å²) in [4.78, 5) is 6.08. The lowest BCUT2D eigenvalue weighted by Crippen LogP contribution is -2.44. The summed E-state index contributed by atoms with van der Waals surface area (Å²) in [6.07, 6.45) is -7.92. The van der Waals surface area contributed by atoms with E-state index in [0.717, 1.165) is 23.5 Å². The Morgan fingerprint density at radius 1 is 1.13 bits per heavy atom. The molecule has 0 bridgehead atoms. The third-order valence-electron chi connectivity index (χ3n) is 6.19. The highest BCUT2D eigenvalue weighted by Crippen LogP contribution is 2.43. The molecule has 3 heterocycles. The minimum Gasteiger partial charge on any atom is -0.492 e. The lowest BCUT2D eigenvalue weighted by molar-refractivity contribution is -0.143. The first-order valence-electron chi connectivity index (χ1n) is 11.6. The van der Waals surface area contributed by atoms with E-state index in [1.54, 1.807) is 23.1 Å². The number of H-pyrrole nitrogens is 1. The summed E-state index contributed by atoms with van der Waals surface area (Å²) >= 11 is 1.00. The van der Waals surface area contributed by atoms with Gasteiger partial charge in [0.25, 0.3) is 0 Å². The second kappa shape index (κ2) is 10.2. The second-order valence-electron chi connectivity index (χ2n) is 8.80. The quantitative estimate of drug-likeness (QED) is 0.215.